The summed E-state index contributed by atoms with van der Waals surface area (Å²) in [6.07, 6.45) is 0. The molecule has 1 fully saturated rings. The minimum Gasteiger partial charge on any atom is -0.357 e. The summed E-state index contributed by atoms with van der Waals surface area (Å²) in [6.45, 7) is 7.18. The van der Waals surface area contributed by atoms with Gasteiger partial charge in [0.05, 0.1) is 10.7 Å². The van der Waals surface area contributed by atoms with Gasteiger partial charge in [-0.25, -0.2) is 0 Å². The van der Waals surface area contributed by atoms with Gasteiger partial charge in [0.1, 0.15) is 6.04 Å². The molecule has 2 rings (SSSR count). The zero-order valence-electron chi connectivity index (χ0n) is 11.4. The van der Waals surface area contributed by atoms with Crippen molar-refractivity contribution in [1.29, 1.82) is 0 Å². The summed E-state index contributed by atoms with van der Waals surface area (Å²) in [6, 6.07) is 5.86. The molecule has 104 valence electrons. The van der Waals surface area contributed by atoms with Crippen LogP contribution in [0, 0.1) is 0 Å². The number of benzene rings is 1. The van der Waals surface area contributed by atoms with E-state index >= 15 is 0 Å². The number of anilines is 1. The molecule has 2 N–H and O–H groups in total. The molecule has 1 heterocycles. The highest BCUT2D eigenvalue weighted by molar-refractivity contribution is 6.33. The molecule has 0 radical (unpaired) electrons. The normalized spacial score (nSPS) is 19.4. The number of amides is 1. The third-order valence-electron chi connectivity index (χ3n) is 3.40. The second kappa shape index (κ2) is 6.26. The minimum absolute atomic E-state index is 0.0547. The number of halogens is 1. The van der Waals surface area contributed by atoms with Crippen LogP contribution in [0.2, 0.25) is 5.02 Å². The molecule has 0 saturated carbocycles. The molecule has 0 bridgehead atoms. The maximum Gasteiger partial charge on any atom is 0.242 e. The Labute approximate surface area is 119 Å². The fourth-order valence-corrected chi connectivity index (χ4v) is 2.59. The molecule has 1 aliphatic heterocycles. The van der Waals surface area contributed by atoms with Crippen LogP contribution < -0.4 is 15.5 Å². The Kier molecular flexibility index (Phi) is 4.66. The molecule has 0 aliphatic carbocycles. The first kappa shape index (κ1) is 14.2. The Morgan fingerprint density at radius 3 is 3.00 bits per heavy atom. The fourth-order valence-electron chi connectivity index (χ4n) is 2.27. The summed E-state index contributed by atoms with van der Waals surface area (Å²) in [5.74, 6) is 0.0547. The van der Waals surface area contributed by atoms with Gasteiger partial charge in [0.15, 0.2) is 0 Å². The molecule has 1 aliphatic rings. The predicted octanol–water partition coefficient (Wildman–Crippen LogP) is 1.77. The second-order valence-electron chi connectivity index (χ2n) is 4.73. The van der Waals surface area contributed by atoms with Crippen molar-refractivity contribution in [3.63, 3.8) is 0 Å². The van der Waals surface area contributed by atoms with Crippen molar-refractivity contribution >= 4 is 23.2 Å². The van der Waals surface area contributed by atoms with Gasteiger partial charge in [0.2, 0.25) is 5.91 Å². The van der Waals surface area contributed by atoms with Crippen molar-refractivity contribution in [3.8, 4) is 0 Å². The topological polar surface area (TPSA) is 44.4 Å². The van der Waals surface area contributed by atoms with Crippen LogP contribution in [0.25, 0.3) is 0 Å². The number of carbonyl (C=O) groups is 1. The van der Waals surface area contributed by atoms with E-state index in [9.17, 15) is 4.79 Å². The number of carbonyl (C=O) groups excluding carboxylic acids is 1. The summed E-state index contributed by atoms with van der Waals surface area (Å²) in [5, 5.41) is 6.83. The Balaban J connectivity index is 2.18. The lowest BCUT2D eigenvalue weighted by molar-refractivity contribution is -0.122. The number of hydrogen-bond acceptors (Lipinski definition) is 3. The van der Waals surface area contributed by atoms with Crippen molar-refractivity contribution < 1.29 is 4.79 Å². The Morgan fingerprint density at radius 2 is 2.32 bits per heavy atom. The summed E-state index contributed by atoms with van der Waals surface area (Å²) in [4.78, 5) is 13.7. The third kappa shape index (κ3) is 3.19. The zero-order valence-corrected chi connectivity index (χ0v) is 12.1. The smallest absolute Gasteiger partial charge is 0.242 e. The predicted molar refractivity (Wildman–Crippen MR) is 78.7 cm³/mol. The van der Waals surface area contributed by atoms with Gasteiger partial charge < -0.3 is 15.5 Å². The molecule has 19 heavy (non-hydrogen) atoms. The highest BCUT2D eigenvalue weighted by atomic mass is 35.5. The lowest BCUT2D eigenvalue weighted by Crippen LogP contribution is -2.54. The van der Waals surface area contributed by atoms with Gasteiger partial charge in [-0.2, -0.15) is 0 Å². The van der Waals surface area contributed by atoms with Crippen LogP contribution in [0.1, 0.15) is 19.4 Å². The summed E-state index contributed by atoms with van der Waals surface area (Å²) in [5.41, 5.74) is 2.09. The van der Waals surface area contributed by atoms with E-state index in [1.165, 1.54) is 0 Å². The highest BCUT2D eigenvalue weighted by Crippen LogP contribution is 2.29. The molecule has 4 nitrogen and oxygen atoms in total. The first-order valence-electron chi connectivity index (χ1n) is 6.67. The van der Waals surface area contributed by atoms with Crippen molar-refractivity contribution in [2.24, 2.45) is 0 Å². The molecule has 1 aromatic rings. The van der Waals surface area contributed by atoms with Crippen LogP contribution in [0.5, 0.6) is 0 Å². The summed E-state index contributed by atoms with van der Waals surface area (Å²) in [7, 11) is 0. The average molecular weight is 282 g/mol. The monoisotopic (exact) mass is 281 g/mol. The molecule has 5 heteroatoms. The highest BCUT2D eigenvalue weighted by Gasteiger charge is 2.26. The second-order valence-corrected chi connectivity index (χ2v) is 5.13. The summed E-state index contributed by atoms with van der Waals surface area (Å²) >= 11 is 6.35. The van der Waals surface area contributed by atoms with E-state index in [1.54, 1.807) is 0 Å². The Morgan fingerprint density at radius 1 is 1.53 bits per heavy atom. The van der Waals surface area contributed by atoms with E-state index in [4.69, 9.17) is 11.6 Å². The van der Waals surface area contributed by atoms with Crippen LogP contribution in [-0.4, -0.2) is 31.6 Å². The first-order valence-corrected chi connectivity index (χ1v) is 7.04. The van der Waals surface area contributed by atoms with Crippen LogP contribution in [-0.2, 0) is 11.3 Å². The van der Waals surface area contributed by atoms with Gasteiger partial charge in [-0.15, -0.1) is 0 Å². The standard InChI is InChI=1S/C14H20ClN3O/c1-3-16-9-11-4-5-13(12(15)8-11)18-7-6-17-14(19)10(18)2/h4-5,8,10,16H,3,6-7,9H2,1-2H3,(H,17,19). The van der Waals surface area contributed by atoms with Crippen LogP contribution >= 0.6 is 11.6 Å². The van der Waals surface area contributed by atoms with Crippen molar-refractivity contribution in [2.45, 2.75) is 26.4 Å². The van der Waals surface area contributed by atoms with Gasteiger partial charge in [-0.1, -0.05) is 24.6 Å². The fraction of sp³-hybridized carbons (Fsp3) is 0.500. The Bertz CT molecular complexity index is 464. The molecular weight excluding hydrogens is 262 g/mol. The molecular formula is C14H20ClN3O. The van der Waals surface area contributed by atoms with E-state index in [1.807, 2.05) is 19.1 Å². The maximum absolute atomic E-state index is 11.7. The van der Waals surface area contributed by atoms with E-state index in [-0.39, 0.29) is 11.9 Å². The van der Waals surface area contributed by atoms with Crippen molar-refractivity contribution in [2.75, 3.05) is 24.5 Å². The van der Waals surface area contributed by atoms with Gasteiger partial charge >= 0.3 is 0 Å². The number of nitrogens with one attached hydrogen (secondary N) is 2. The lowest BCUT2D eigenvalue weighted by Gasteiger charge is -2.35. The SMILES string of the molecule is CCNCc1ccc(N2CCNC(=O)C2C)c(Cl)c1. The first-order chi connectivity index (χ1) is 9.13. The average Bonchev–Trinajstić information content (AvgIpc) is 2.40. The molecule has 0 spiro atoms. The molecule has 1 saturated heterocycles. The van der Waals surface area contributed by atoms with Crippen molar-refractivity contribution in [1.82, 2.24) is 10.6 Å². The van der Waals surface area contributed by atoms with Crippen LogP contribution in [0.4, 0.5) is 5.69 Å². The maximum atomic E-state index is 11.7. The van der Waals surface area contributed by atoms with E-state index in [2.05, 4.69) is 28.5 Å². The zero-order chi connectivity index (χ0) is 13.8. The number of piperazine rings is 1. The molecule has 1 aromatic carbocycles. The van der Waals surface area contributed by atoms with Crippen molar-refractivity contribution in [3.05, 3.63) is 28.8 Å². The van der Waals surface area contributed by atoms with Gasteiger partial charge in [0, 0.05) is 19.6 Å². The molecule has 1 amide bonds. The van der Waals surface area contributed by atoms with Crippen LogP contribution in [0.15, 0.2) is 18.2 Å². The van der Waals surface area contributed by atoms with Crippen LogP contribution in [0.3, 0.4) is 0 Å². The van der Waals surface area contributed by atoms with Gasteiger partial charge in [0.25, 0.3) is 0 Å². The largest absolute Gasteiger partial charge is 0.357 e. The molecule has 1 unspecified atom stereocenters. The third-order valence-corrected chi connectivity index (χ3v) is 3.70. The van der Waals surface area contributed by atoms with E-state index < -0.39 is 0 Å². The van der Waals surface area contributed by atoms with E-state index in [0.717, 1.165) is 30.9 Å². The van der Waals surface area contributed by atoms with Gasteiger partial charge in [-0.3, -0.25) is 4.79 Å². The quantitative estimate of drug-likeness (QED) is 0.884. The lowest BCUT2D eigenvalue weighted by atomic mass is 10.1. The summed E-state index contributed by atoms with van der Waals surface area (Å²) < 4.78 is 0. The number of nitrogens with zero attached hydrogens (tertiary/aromatic N) is 1. The number of rotatable bonds is 4. The van der Waals surface area contributed by atoms with E-state index in [0.29, 0.717) is 11.6 Å². The Hall–Kier alpha value is -1.26. The molecule has 1 atom stereocenters. The number of hydrogen-bond donors (Lipinski definition) is 2. The molecule has 0 aromatic heterocycles. The minimum atomic E-state index is -0.175. The van der Waals surface area contributed by atoms with Gasteiger partial charge in [-0.05, 0) is 31.2 Å².